The van der Waals surface area contributed by atoms with E-state index in [1.165, 1.54) is 40.9 Å². The van der Waals surface area contributed by atoms with Crippen molar-refractivity contribution in [3.63, 3.8) is 0 Å². The molecule has 0 spiro atoms. The molecule has 19 heteroatoms. The number of rotatable bonds is 11. The number of amides is 3. The number of β-lactam (4-membered cyclic amide) rings is 1. The van der Waals surface area contributed by atoms with Gasteiger partial charge in [0, 0.05) is 28.5 Å². The molecule has 3 aromatic rings. The number of fused-ring (bicyclic) bond motifs is 2. The number of aromatic nitrogens is 4. The van der Waals surface area contributed by atoms with Crippen LogP contribution in [0.5, 0.6) is 0 Å². The smallest absolute Gasteiger partial charge is 0.404 e. The molecule has 6 N–H and O–H groups in total. The maximum Gasteiger partial charge on any atom is 0.404 e. The fourth-order valence-corrected chi connectivity index (χ4v) is 6.95. The van der Waals surface area contributed by atoms with Gasteiger partial charge in [-0.1, -0.05) is 22.0 Å². The highest BCUT2D eigenvalue weighted by Crippen LogP contribution is 2.40. The topological polar surface area (TPSA) is 221 Å². The van der Waals surface area contributed by atoms with E-state index in [0.717, 1.165) is 11.3 Å². The van der Waals surface area contributed by atoms with E-state index < -0.39 is 35.3 Å². The average molecular weight is 635 g/mol. The first-order valence-corrected chi connectivity index (χ1v) is 15.1. The number of nitrogens with zero attached hydrogens (tertiary/aromatic N) is 6. The van der Waals surface area contributed by atoms with E-state index in [4.69, 9.17) is 21.0 Å². The molecule has 16 nitrogen and oxygen atoms in total. The Morgan fingerprint density at radius 3 is 2.86 bits per heavy atom. The molecule has 0 aromatic carbocycles. The number of hydrogen-bond acceptors (Lipinski definition) is 13. The monoisotopic (exact) mass is 634 g/mol. The molecule has 0 aliphatic carbocycles. The summed E-state index contributed by atoms with van der Waals surface area (Å²) < 4.78 is 8.19. The Labute approximate surface area is 249 Å². The van der Waals surface area contributed by atoms with E-state index in [0.29, 0.717) is 27.8 Å². The number of carboxylic acids is 1. The van der Waals surface area contributed by atoms with Crippen molar-refractivity contribution in [3.05, 3.63) is 46.9 Å². The second-order valence-corrected chi connectivity index (χ2v) is 11.8. The predicted molar refractivity (Wildman–Crippen MR) is 151 cm³/mol. The number of carboxylic acid groups (broad SMARTS) is 1. The predicted octanol–water partition coefficient (Wildman–Crippen LogP) is -0.363. The molecule has 42 heavy (non-hydrogen) atoms. The van der Waals surface area contributed by atoms with Crippen LogP contribution < -0.4 is 21.4 Å². The molecule has 0 bridgehead atoms. The van der Waals surface area contributed by atoms with Crippen molar-refractivity contribution in [1.82, 2.24) is 24.8 Å². The van der Waals surface area contributed by atoms with Gasteiger partial charge in [-0.3, -0.25) is 14.5 Å². The third kappa shape index (κ3) is 5.83. The minimum Gasteiger partial charge on any atom is -0.477 e. The number of thioether (sulfide) groups is 2. The fraction of sp³-hybridized carbons (Fsp3) is 0.304. The number of oxime groups is 1. The number of anilines is 1. The van der Waals surface area contributed by atoms with Crippen molar-refractivity contribution in [1.29, 1.82) is 0 Å². The first-order valence-electron chi connectivity index (χ1n) is 12.1. The molecule has 1 fully saturated rings. The van der Waals surface area contributed by atoms with E-state index in [2.05, 4.69) is 20.6 Å². The second kappa shape index (κ2) is 12.2. The first kappa shape index (κ1) is 29.1. The molecule has 0 saturated carbocycles. The Balaban J connectivity index is 1.30. The van der Waals surface area contributed by atoms with Crippen LogP contribution in [0.2, 0.25) is 0 Å². The number of aliphatic carboxylic acids is 1. The van der Waals surface area contributed by atoms with Gasteiger partial charge in [0.2, 0.25) is 0 Å². The van der Waals surface area contributed by atoms with Gasteiger partial charge < -0.3 is 31.5 Å². The summed E-state index contributed by atoms with van der Waals surface area (Å²) in [6.07, 6.45) is 2.66. The Morgan fingerprint density at radius 1 is 1.36 bits per heavy atom. The van der Waals surface area contributed by atoms with E-state index >= 15 is 0 Å². The van der Waals surface area contributed by atoms with Crippen LogP contribution in [-0.4, -0.2) is 90.8 Å². The third-order valence-electron chi connectivity index (χ3n) is 6.14. The molecule has 3 aromatic heterocycles. The van der Waals surface area contributed by atoms with Crippen LogP contribution in [0, 0.1) is 0 Å². The average Bonchev–Trinajstić information content (AvgIpc) is 3.57. The van der Waals surface area contributed by atoms with Crippen molar-refractivity contribution in [2.24, 2.45) is 10.9 Å². The van der Waals surface area contributed by atoms with Crippen LogP contribution in [0.1, 0.15) is 5.69 Å². The molecule has 220 valence electrons. The normalized spacial score (nSPS) is 18.5. The van der Waals surface area contributed by atoms with Gasteiger partial charge in [-0.25, -0.2) is 19.1 Å². The van der Waals surface area contributed by atoms with E-state index in [-0.39, 0.29) is 35.4 Å². The van der Waals surface area contributed by atoms with E-state index in [9.17, 15) is 24.3 Å². The van der Waals surface area contributed by atoms with Gasteiger partial charge in [0.25, 0.3) is 11.8 Å². The Kier molecular flexibility index (Phi) is 8.50. The number of imidazole rings is 1. The molecule has 1 saturated heterocycles. The number of carbonyl (C=O) groups excluding carboxylic acids is 3. The highest BCUT2D eigenvalue weighted by atomic mass is 32.2. The van der Waals surface area contributed by atoms with Crippen LogP contribution >= 0.6 is 34.9 Å². The van der Waals surface area contributed by atoms with Crippen LogP contribution in [0.3, 0.4) is 0 Å². The summed E-state index contributed by atoms with van der Waals surface area (Å²) in [5.74, 6) is -1.71. The quantitative estimate of drug-likeness (QED) is 0.0530. The number of hydrogen-bond donors (Lipinski definition) is 4. The van der Waals surface area contributed by atoms with Gasteiger partial charge in [-0.05, 0) is 6.07 Å². The molecule has 0 radical (unpaired) electrons. The Bertz CT molecular complexity index is 1640. The lowest BCUT2D eigenvalue weighted by Gasteiger charge is -2.49. The summed E-state index contributed by atoms with van der Waals surface area (Å²) in [5.41, 5.74) is 11.8. The lowest BCUT2D eigenvalue weighted by molar-refractivity contribution is -0.662. The molecule has 5 heterocycles. The van der Waals surface area contributed by atoms with E-state index in [1.54, 1.807) is 23.0 Å². The van der Waals surface area contributed by atoms with Gasteiger partial charge >= 0.3 is 17.7 Å². The van der Waals surface area contributed by atoms with Gasteiger partial charge in [0.15, 0.2) is 17.0 Å². The fourth-order valence-electron chi connectivity index (χ4n) is 4.38. The molecule has 2 aliphatic heterocycles. The van der Waals surface area contributed by atoms with Crippen LogP contribution in [0.15, 0.2) is 51.4 Å². The summed E-state index contributed by atoms with van der Waals surface area (Å²) in [6, 6.07) is 2.67. The van der Waals surface area contributed by atoms with Crippen molar-refractivity contribution in [2.45, 2.75) is 23.0 Å². The van der Waals surface area contributed by atoms with Crippen molar-refractivity contribution >= 4 is 75.2 Å². The number of carbonyl (C=O) groups is 4. The molecule has 5 rings (SSSR count). The maximum absolute atomic E-state index is 13.1. The standard InChI is InChI=1S/C23H23N9O7S3/c1-38-29-15(12-10-42-22(24)26-12)18(33)27-16-19(34)32-17(21(35)36)11(9-41-20(16)32)8-30-4-5-31-14(30)3-2-13(28-31)40-7-6-39-23(25)37/h2-5,10,16,20H,6-9H2,1H3,(H5-,24,25,26,27,33,35,36,37)/p+1/b29-15-/t16-,20-/m1/s1. The number of nitrogens with two attached hydrogens (primary N) is 2. The number of thiazole rings is 1. The Morgan fingerprint density at radius 2 is 2.17 bits per heavy atom. The number of ether oxygens (including phenoxy) is 1. The van der Waals surface area contributed by atoms with Crippen LogP contribution in [0.25, 0.3) is 5.65 Å². The zero-order valence-corrected chi connectivity index (χ0v) is 24.3. The molecule has 2 aliphatic rings. The Hall–Kier alpha value is -4.36. The zero-order valence-electron chi connectivity index (χ0n) is 21.8. The van der Waals surface area contributed by atoms with Gasteiger partial charge in [0.1, 0.15) is 54.3 Å². The SMILES string of the molecule is CO/N=C(\C(=O)N[C@@H]1C(=O)N2C(C(=O)O)=C(C[n+]3ccn4nc(SCCOC(N)=O)ccc43)CS[C@H]12)c1csc(N)n1. The molecular formula is C23H24N9O7S3+. The van der Waals surface area contributed by atoms with Crippen molar-refractivity contribution in [2.75, 3.05) is 31.0 Å². The van der Waals surface area contributed by atoms with Crippen molar-refractivity contribution < 1.29 is 38.4 Å². The van der Waals surface area contributed by atoms with E-state index in [1.807, 2.05) is 10.6 Å². The first-order chi connectivity index (χ1) is 20.2. The summed E-state index contributed by atoms with van der Waals surface area (Å²) in [6.45, 7) is 0.355. The molecule has 3 amide bonds. The maximum atomic E-state index is 13.1. The van der Waals surface area contributed by atoms with Crippen LogP contribution in [-0.2, 0) is 30.5 Å². The zero-order chi connectivity index (χ0) is 30.0. The summed E-state index contributed by atoms with van der Waals surface area (Å²) >= 11 is 3.84. The largest absolute Gasteiger partial charge is 0.477 e. The minimum absolute atomic E-state index is 0.117. The number of primary amides is 1. The summed E-state index contributed by atoms with van der Waals surface area (Å²) in [7, 11) is 1.27. The highest BCUT2D eigenvalue weighted by Gasteiger charge is 2.54. The summed E-state index contributed by atoms with van der Waals surface area (Å²) in [5, 5.41) is 22.8. The van der Waals surface area contributed by atoms with Gasteiger partial charge in [-0.15, -0.1) is 27.6 Å². The number of nitrogens with one attached hydrogen (secondary N) is 1. The number of nitrogen functional groups attached to an aromatic ring is 1. The molecule has 2 atom stereocenters. The van der Waals surface area contributed by atoms with Crippen LogP contribution in [0.4, 0.5) is 9.93 Å². The summed E-state index contributed by atoms with van der Waals surface area (Å²) in [4.78, 5) is 59.2. The lowest BCUT2D eigenvalue weighted by atomic mass is 10.0. The lowest BCUT2D eigenvalue weighted by Crippen LogP contribution is -2.71. The van der Waals surface area contributed by atoms with Crippen molar-refractivity contribution in [3.8, 4) is 0 Å². The third-order valence-corrected chi connectivity index (χ3v) is 9.03. The van der Waals surface area contributed by atoms with Gasteiger partial charge in [-0.2, -0.15) is 0 Å². The molecular weight excluding hydrogens is 611 g/mol. The molecule has 0 unspecified atom stereocenters. The minimum atomic E-state index is -1.24. The second-order valence-electron chi connectivity index (χ2n) is 8.73. The highest BCUT2D eigenvalue weighted by molar-refractivity contribution is 8.00. The van der Waals surface area contributed by atoms with Gasteiger partial charge in [0.05, 0.1) is 0 Å².